The monoisotopic (exact) mass is 244 g/mol. The highest BCUT2D eigenvalue weighted by molar-refractivity contribution is 5.33. The molecule has 0 atom stereocenters. The summed E-state index contributed by atoms with van der Waals surface area (Å²) in [6, 6.07) is 9.56. The second kappa shape index (κ2) is 5.97. The van der Waals surface area contributed by atoms with Crippen LogP contribution >= 0.6 is 0 Å². The number of nitrogens with zero attached hydrogens (tertiary/aromatic N) is 2. The molecule has 0 aliphatic rings. The molecule has 0 unspecified atom stereocenters. The summed E-state index contributed by atoms with van der Waals surface area (Å²) in [6.45, 7) is 1.27. The fraction of sp³-hybridized carbons (Fsp3) is 0.231. The van der Waals surface area contributed by atoms with Crippen LogP contribution < -0.4 is 15.8 Å². The number of aromatic nitrogens is 2. The van der Waals surface area contributed by atoms with E-state index < -0.39 is 0 Å². The van der Waals surface area contributed by atoms with Gasteiger partial charge in [-0.2, -0.15) is 0 Å². The molecule has 0 bridgehead atoms. The molecule has 0 saturated heterocycles. The fourth-order valence-electron chi connectivity index (χ4n) is 1.66. The summed E-state index contributed by atoms with van der Waals surface area (Å²) in [7, 11) is 1.67. The van der Waals surface area contributed by atoms with Crippen molar-refractivity contribution in [2.24, 2.45) is 0 Å². The Morgan fingerprint density at radius 2 is 2.06 bits per heavy atom. The molecule has 5 nitrogen and oxygen atoms in total. The van der Waals surface area contributed by atoms with Crippen molar-refractivity contribution in [3.05, 3.63) is 47.9 Å². The zero-order valence-electron chi connectivity index (χ0n) is 10.3. The normalized spacial score (nSPS) is 10.3. The van der Waals surface area contributed by atoms with Crippen LogP contribution in [0.2, 0.25) is 0 Å². The predicted molar refractivity (Wildman–Crippen MR) is 70.0 cm³/mol. The lowest BCUT2D eigenvalue weighted by molar-refractivity contribution is 0.407. The van der Waals surface area contributed by atoms with Crippen LogP contribution in [0.15, 0.2) is 36.5 Å². The van der Waals surface area contributed by atoms with Gasteiger partial charge in [0.15, 0.2) is 0 Å². The summed E-state index contributed by atoms with van der Waals surface area (Å²) in [5.74, 6) is 2.04. The molecule has 0 aliphatic heterocycles. The zero-order valence-corrected chi connectivity index (χ0v) is 10.3. The number of benzene rings is 1. The first-order valence-electron chi connectivity index (χ1n) is 5.69. The summed E-state index contributed by atoms with van der Waals surface area (Å²) in [6.07, 6.45) is 1.66. The van der Waals surface area contributed by atoms with Crippen molar-refractivity contribution in [3.63, 3.8) is 0 Å². The van der Waals surface area contributed by atoms with Gasteiger partial charge in [-0.05, 0) is 12.1 Å². The van der Waals surface area contributed by atoms with E-state index in [4.69, 9.17) is 10.5 Å². The highest BCUT2D eigenvalue weighted by Crippen LogP contribution is 2.16. The maximum absolute atomic E-state index is 5.59. The molecule has 94 valence electrons. The van der Waals surface area contributed by atoms with E-state index in [0.717, 1.165) is 11.3 Å². The maximum atomic E-state index is 5.59. The molecule has 0 amide bonds. The first kappa shape index (κ1) is 12.3. The van der Waals surface area contributed by atoms with Gasteiger partial charge in [-0.3, -0.25) is 0 Å². The SMILES string of the molecule is COc1ccccc1CNCc1nccc(N)n1. The van der Waals surface area contributed by atoms with Gasteiger partial charge in [0.1, 0.15) is 17.4 Å². The maximum Gasteiger partial charge on any atom is 0.144 e. The third-order valence-electron chi connectivity index (χ3n) is 2.52. The Morgan fingerprint density at radius 3 is 2.83 bits per heavy atom. The lowest BCUT2D eigenvalue weighted by Gasteiger charge is -2.08. The number of para-hydroxylation sites is 1. The van der Waals surface area contributed by atoms with Gasteiger partial charge in [0.25, 0.3) is 0 Å². The molecule has 1 aromatic carbocycles. The van der Waals surface area contributed by atoms with E-state index in [2.05, 4.69) is 15.3 Å². The quantitative estimate of drug-likeness (QED) is 0.830. The predicted octanol–water partition coefficient (Wildman–Crippen LogP) is 1.36. The molecule has 0 radical (unpaired) electrons. The highest BCUT2D eigenvalue weighted by Gasteiger charge is 2.02. The largest absolute Gasteiger partial charge is 0.496 e. The van der Waals surface area contributed by atoms with E-state index >= 15 is 0 Å². The average Bonchev–Trinajstić information content (AvgIpc) is 2.39. The van der Waals surface area contributed by atoms with Gasteiger partial charge < -0.3 is 15.8 Å². The number of nitrogens with two attached hydrogens (primary N) is 1. The Bertz CT molecular complexity index is 516. The number of hydrogen-bond acceptors (Lipinski definition) is 5. The van der Waals surface area contributed by atoms with Gasteiger partial charge in [-0.25, -0.2) is 9.97 Å². The van der Waals surface area contributed by atoms with Gasteiger partial charge in [0, 0.05) is 18.3 Å². The summed E-state index contributed by atoms with van der Waals surface area (Å²) >= 11 is 0. The lowest BCUT2D eigenvalue weighted by Crippen LogP contribution is -2.15. The van der Waals surface area contributed by atoms with Crippen LogP contribution in [-0.4, -0.2) is 17.1 Å². The van der Waals surface area contributed by atoms with E-state index in [9.17, 15) is 0 Å². The Morgan fingerprint density at radius 1 is 1.22 bits per heavy atom. The third-order valence-corrected chi connectivity index (χ3v) is 2.52. The number of methoxy groups -OCH3 is 1. The number of anilines is 1. The Balaban J connectivity index is 1.92. The molecular weight excluding hydrogens is 228 g/mol. The fourth-order valence-corrected chi connectivity index (χ4v) is 1.66. The lowest BCUT2D eigenvalue weighted by atomic mass is 10.2. The van der Waals surface area contributed by atoms with Crippen LogP contribution in [0.5, 0.6) is 5.75 Å². The number of hydrogen-bond donors (Lipinski definition) is 2. The topological polar surface area (TPSA) is 73.1 Å². The molecule has 5 heteroatoms. The first-order chi connectivity index (χ1) is 8.79. The minimum Gasteiger partial charge on any atom is -0.496 e. The summed E-state index contributed by atoms with van der Waals surface area (Å²) in [5, 5.41) is 3.26. The van der Waals surface area contributed by atoms with Crippen molar-refractivity contribution in [1.82, 2.24) is 15.3 Å². The van der Waals surface area contributed by atoms with Gasteiger partial charge in [0.2, 0.25) is 0 Å². The third kappa shape index (κ3) is 3.18. The molecule has 2 rings (SSSR count). The molecule has 3 N–H and O–H groups in total. The minimum atomic E-state index is 0.485. The molecule has 1 aromatic heterocycles. The highest BCUT2D eigenvalue weighted by atomic mass is 16.5. The van der Waals surface area contributed by atoms with Gasteiger partial charge in [-0.1, -0.05) is 18.2 Å². The Hall–Kier alpha value is -2.14. The average molecular weight is 244 g/mol. The number of nitrogens with one attached hydrogen (secondary N) is 1. The molecular formula is C13H16N4O. The van der Waals surface area contributed by atoms with Gasteiger partial charge >= 0.3 is 0 Å². The summed E-state index contributed by atoms with van der Waals surface area (Å²) in [5.41, 5.74) is 6.69. The van der Waals surface area contributed by atoms with Crippen molar-refractivity contribution >= 4 is 5.82 Å². The van der Waals surface area contributed by atoms with Crippen LogP contribution in [0, 0.1) is 0 Å². The van der Waals surface area contributed by atoms with E-state index in [1.807, 2.05) is 24.3 Å². The van der Waals surface area contributed by atoms with Crippen LogP contribution in [-0.2, 0) is 13.1 Å². The smallest absolute Gasteiger partial charge is 0.144 e. The minimum absolute atomic E-state index is 0.485. The van der Waals surface area contributed by atoms with E-state index in [-0.39, 0.29) is 0 Å². The molecule has 0 spiro atoms. The van der Waals surface area contributed by atoms with E-state index in [0.29, 0.717) is 24.7 Å². The van der Waals surface area contributed by atoms with Crippen molar-refractivity contribution in [1.29, 1.82) is 0 Å². The van der Waals surface area contributed by atoms with Crippen LogP contribution in [0.1, 0.15) is 11.4 Å². The van der Waals surface area contributed by atoms with Crippen molar-refractivity contribution < 1.29 is 4.74 Å². The molecule has 2 aromatic rings. The summed E-state index contributed by atoms with van der Waals surface area (Å²) in [4.78, 5) is 8.25. The number of rotatable bonds is 5. The number of ether oxygens (including phenoxy) is 1. The molecule has 0 saturated carbocycles. The molecule has 1 heterocycles. The molecule has 0 aliphatic carbocycles. The van der Waals surface area contributed by atoms with E-state index in [1.165, 1.54) is 0 Å². The van der Waals surface area contributed by atoms with Crippen LogP contribution in [0.3, 0.4) is 0 Å². The van der Waals surface area contributed by atoms with Crippen LogP contribution in [0.25, 0.3) is 0 Å². The van der Waals surface area contributed by atoms with E-state index in [1.54, 1.807) is 19.4 Å². The van der Waals surface area contributed by atoms with Crippen molar-refractivity contribution in [2.45, 2.75) is 13.1 Å². The first-order valence-corrected chi connectivity index (χ1v) is 5.69. The van der Waals surface area contributed by atoms with Crippen molar-refractivity contribution in [3.8, 4) is 5.75 Å². The number of nitrogen functional groups attached to an aromatic ring is 1. The van der Waals surface area contributed by atoms with Crippen molar-refractivity contribution in [2.75, 3.05) is 12.8 Å². The Labute approximate surface area is 106 Å². The van der Waals surface area contributed by atoms with Gasteiger partial charge in [-0.15, -0.1) is 0 Å². The Kier molecular flexibility index (Phi) is 4.09. The molecule has 0 fully saturated rings. The van der Waals surface area contributed by atoms with Crippen LogP contribution in [0.4, 0.5) is 5.82 Å². The summed E-state index contributed by atoms with van der Waals surface area (Å²) < 4.78 is 5.28. The zero-order chi connectivity index (χ0) is 12.8. The second-order valence-corrected chi connectivity index (χ2v) is 3.81. The van der Waals surface area contributed by atoms with Gasteiger partial charge in [0.05, 0.1) is 13.7 Å². The second-order valence-electron chi connectivity index (χ2n) is 3.81. The molecule has 18 heavy (non-hydrogen) atoms. The standard InChI is InChI=1S/C13H16N4O/c1-18-11-5-3-2-4-10(11)8-15-9-13-16-7-6-12(14)17-13/h2-7,15H,8-9H2,1H3,(H2,14,16,17).